The number of nitrogens with zero attached hydrogens (tertiary/aromatic N) is 2. The maximum Gasteiger partial charge on any atom is 0.0667 e. The van der Waals surface area contributed by atoms with E-state index in [2.05, 4.69) is 16.8 Å². The molecule has 0 bridgehead atoms. The summed E-state index contributed by atoms with van der Waals surface area (Å²) in [5.74, 6) is 0. The summed E-state index contributed by atoms with van der Waals surface area (Å²) in [6.07, 6.45) is 3.68. The zero-order chi connectivity index (χ0) is 10.7. The molecule has 0 aliphatic carbocycles. The van der Waals surface area contributed by atoms with Gasteiger partial charge >= 0.3 is 0 Å². The average Bonchev–Trinajstić information content (AvgIpc) is 2.29. The molecule has 1 fully saturated rings. The van der Waals surface area contributed by atoms with Crippen molar-refractivity contribution >= 4 is 0 Å². The first-order chi connectivity index (χ1) is 7.27. The molecule has 2 heterocycles. The molecule has 2 rings (SSSR count). The molecule has 0 radical (unpaired) electrons. The molecule has 0 unspecified atom stereocenters. The van der Waals surface area contributed by atoms with Gasteiger partial charge in [0, 0.05) is 18.8 Å². The van der Waals surface area contributed by atoms with Gasteiger partial charge in [-0.3, -0.25) is 9.88 Å². The van der Waals surface area contributed by atoms with Gasteiger partial charge in [0.1, 0.15) is 0 Å². The summed E-state index contributed by atoms with van der Waals surface area (Å²) in [7, 11) is 0. The van der Waals surface area contributed by atoms with Crippen molar-refractivity contribution in [2.24, 2.45) is 0 Å². The Morgan fingerprint density at radius 3 is 3.07 bits per heavy atom. The van der Waals surface area contributed by atoms with E-state index in [-0.39, 0.29) is 6.10 Å². The number of likely N-dealkylation sites (tertiary alicyclic amines) is 1. The monoisotopic (exact) mass is 206 g/mol. The van der Waals surface area contributed by atoms with Crippen molar-refractivity contribution in [2.75, 3.05) is 13.1 Å². The van der Waals surface area contributed by atoms with Gasteiger partial charge in [0.05, 0.1) is 11.8 Å². The van der Waals surface area contributed by atoms with E-state index in [4.69, 9.17) is 0 Å². The number of pyridine rings is 1. The van der Waals surface area contributed by atoms with E-state index < -0.39 is 0 Å². The summed E-state index contributed by atoms with van der Waals surface area (Å²) in [5.41, 5.74) is 1.09. The van der Waals surface area contributed by atoms with Crippen LogP contribution in [0.1, 0.15) is 31.5 Å². The molecule has 1 N–H and O–H groups in total. The molecule has 0 amide bonds. The van der Waals surface area contributed by atoms with E-state index in [1.165, 1.54) is 0 Å². The molecule has 0 spiro atoms. The van der Waals surface area contributed by atoms with Crippen LogP contribution in [0.15, 0.2) is 24.4 Å². The van der Waals surface area contributed by atoms with Gasteiger partial charge in [-0.15, -0.1) is 0 Å². The van der Waals surface area contributed by atoms with Crippen molar-refractivity contribution in [3.8, 4) is 0 Å². The number of piperidine rings is 1. The van der Waals surface area contributed by atoms with Crippen LogP contribution in [0.3, 0.4) is 0 Å². The third kappa shape index (κ3) is 2.55. The lowest BCUT2D eigenvalue weighted by Gasteiger charge is -2.34. The molecule has 15 heavy (non-hydrogen) atoms. The highest BCUT2D eigenvalue weighted by Crippen LogP contribution is 2.22. The zero-order valence-corrected chi connectivity index (χ0v) is 9.13. The molecule has 3 nitrogen and oxygen atoms in total. The Balaban J connectivity index is 2.04. The topological polar surface area (TPSA) is 36.4 Å². The maximum absolute atomic E-state index is 9.61. The molecule has 2 atom stereocenters. The van der Waals surface area contributed by atoms with Crippen LogP contribution in [0.4, 0.5) is 0 Å². The number of hydrogen-bond donors (Lipinski definition) is 1. The molecule has 1 aliphatic heterocycles. The third-order valence-corrected chi connectivity index (χ3v) is 3.09. The summed E-state index contributed by atoms with van der Waals surface area (Å²) in [4.78, 5) is 6.66. The van der Waals surface area contributed by atoms with Crippen LogP contribution in [-0.4, -0.2) is 34.2 Å². The van der Waals surface area contributed by atoms with Crippen LogP contribution in [0.2, 0.25) is 0 Å². The Morgan fingerprint density at radius 2 is 2.40 bits per heavy atom. The molecule has 1 aromatic rings. The number of hydrogen-bond acceptors (Lipinski definition) is 3. The van der Waals surface area contributed by atoms with Crippen molar-refractivity contribution < 1.29 is 5.11 Å². The minimum absolute atomic E-state index is 0.162. The Morgan fingerprint density at radius 1 is 1.53 bits per heavy atom. The number of aliphatic hydroxyl groups is 1. The molecular weight excluding hydrogens is 188 g/mol. The lowest BCUT2D eigenvalue weighted by Crippen LogP contribution is -2.39. The number of rotatable bonds is 2. The van der Waals surface area contributed by atoms with Crippen molar-refractivity contribution in [1.82, 2.24) is 9.88 Å². The first-order valence-electron chi connectivity index (χ1n) is 5.60. The van der Waals surface area contributed by atoms with Crippen LogP contribution in [0, 0.1) is 0 Å². The minimum Gasteiger partial charge on any atom is -0.392 e. The summed E-state index contributed by atoms with van der Waals surface area (Å²) >= 11 is 0. The van der Waals surface area contributed by atoms with Gasteiger partial charge in [-0.2, -0.15) is 0 Å². The van der Waals surface area contributed by atoms with Crippen molar-refractivity contribution in [3.05, 3.63) is 30.1 Å². The molecule has 0 aromatic carbocycles. The van der Waals surface area contributed by atoms with Gasteiger partial charge in [0.15, 0.2) is 0 Å². The minimum atomic E-state index is -0.162. The predicted molar refractivity (Wildman–Crippen MR) is 59.5 cm³/mol. The molecule has 1 aliphatic rings. The third-order valence-electron chi connectivity index (χ3n) is 3.09. The second-order valence-corrected chi connectivity index (χ2v) is 4.22. The summed E-state index contributed by atoms with van der Waals surface area (Å²) < 4.78 is 0. The Bertz CT molecular complexity index is 302. The van der Waals surface area contributed by atoms with Gasteiger partial charge in [-0.05, 0) is 38.4 Å². The van der Waals surface area contributed by atoms with Gasteiger partial charge in [-0.25, -0.2) is 0 Å². The fourth-order valence-electron chi connectivity index (χ4n) is 2.15. The van der Waals surface area contributed by atoms with Gasteiger partial charge in [-0.1, -0.05) is 6.07 Å². The fraction of sp³-hybridized carbons (Fsp3) is 0.583. The van der Waals surface area contributed by atoms with Crippen molar-refractivity contribution in [2.45, 2.75) is 31.9 Å². The smallest absolute Gasteiger partial charge is 0.0667 e. The van der Waals surface area contributed by atoms with E-state index in [0.29, 0.717) is 6.04 Å². The Hall–Kier alpha value is -0.930. The average molecular weight is 206 g/mol. The lowest BCUT2D eigenvalue weighted by atomic mass is 10.0. The molecule has 1 aromatic heterocycles. The van der Waals surface area contributed by atoms with Crippen molar-refractivity contribution in [1.29, 1.82) is 0 Å². The SMILES string of the molecule is C[C@H](c1ccccn1)N1CCC[C@H](O)C1. The van der Waals surface area contributed by atoms with Gasteiger partial charge in [0.2, 0.25) is 0 Å². The largest absolute Gasteiger partial charge is 0.392 e. The van der Waals surface area contributed by atoms with Crippen LogP contribution >= 0.6 is 0 Å². The zero-order valence-electron chi connectivity index (χ0n) is 9.13. The highest BCUT2D eigenvalue weighted by Gasteiger charge is 2.23. The van der Waals surface area contributed by atoms with Crippen molar-refractivity contribution in [3.63, 3.8) is 0 Å². The molecule has 1 saturated heterocycles. The van der Waals surface area contributed by atoms with E-state index in [9.17, 15) is 5.11 Å². The number of aromatic nitrogens is 1. The summed E-state index contributed by atoms with van der Waals surface area (Å²) in [5, 5.41) is 9.61. The van der Waals surface area contributed by atoms with Crippen LogP contribution in [0.25, 0.3) is 0 Å². The van der Waals surface area contributed by atoms with Gasteiger partial charge in [0.25, 0.3) is 0 Å². The van der Waals surface area contributed by atoms with E-state index in [1.807, 2.05) is 24.4 Å². The van der Waals surface area contributed by atoms with Crippen LogP contribution in [0.5, 0.6) is 0 Å². The predicted octanol–water partition coefficient (Wildman–Crippen LogP) is 1.60. The standard InChI is InChI=1S/C12H18N2O/c1-10(12-6-2-3-7-13-12)14-8-4-5-11(15)9-14/h2-3,6-7,10-11,15H,4-5,8-9H2,1H3/t10-,11+/m1/s1. The van der Waals surface area contributed by atoms with E-state index in [1.54, 1.807) is 0 Å². The molecular formula is C12H18N2O. The van der Waals surface area contributed by atoms with Gasteiger partial charge < -0.3 is 5.11 Å². The molecule has 0 saturated carbocycles. The first kappa shape index (κ1) is 10.6. The fourth-order valence-corrected chi connectivity index (χ4v) is 2.15. The second kappa shape index (κ2) is 4.73. The summed E-state index contributed by atoms with van der Waals surface area (Å²) in [6, 6.07) is 6.30. The quantitative estimate of drug-likeness (QED) is 0.798. The highest BCUT2D eigenvalue weighted by molar-refractivity contribution is 5.08. The normalized spacial score (nSPS) is 25.1. The maximum atomic E-state index is 9.61. The molecule has 82 valence electrons. The second-order valence-electron chi connectivity index (χ2n) is 4.22. The van der Waals surface area contributed by atoms with Crippen LogP contribution in [-0.2, 0) is 0 Å². The lowest BCUT2D eigenvalue weighted by molar-refractivity contribution is 0.0494. The summed E-state index contributed by atoms with van der Waals surface area (Å²) in [6.45, 7) is 3.99. The highest BCUT2D eigenvalue weighted by atomic mass is 16.3. The van der Waals surface area contributed by atoms with E-state index >= 15 is 0 Å². The first-order valence-corrected chi connectivity index (χ1v) is 5.60. The Labute approximate surface area is 90.8 Å². The number of aliphatic hydroxyl groups excluding tert-OH is 1. The molecule has 3 heteroatoms. The number of β-amino-alcohol motifs (C(OH)–C–C–N with tert-alkyl or cyclic N) is 1. The van der Waals surface area contributed by atoms with E-state index in [0.717, 1.165) is 31.6 Å². The van der Waals surface area contributed by atoms with Crippen LogP contribution < -0.4 is 0 Å². The Kier molecular flexibility index (Phi) is 3.34.